The van der Waals surface area contributed by atoms with E-state index in [4.69, 9.17) is 0 Å². The molecule has 0 amide bonds. The zero-order valence-electron chi connectivity index (χ0n) is 13.0. The van der Waals surface area contributed by atoms with E-state index in [-0.39, 0.29) is 18.0 Å². The van der Waals surface area contributed by atoms with E-state index in [0.717, 1.165) is 22.3 Å². The molecule has 0 atom stereocenters. The first-order valence-electron chi connectivity index (χ1n) is 7.09. The largest absolute Gasteiger partial charge is 0.294 e. The number of aryl methyl sites for hydroxylation is 4. The molecule has 108 valence electrons. The first kappa shape index (κ1) is 15.2. The van der Waals surface area contributed by atoms with Gasteiger partial charge < -0.3 is 0 Å². The summed E-state index contributed by atoms with van der Waals surface area (Å²) in [6.45, 7) is 7.82. The molecule has 0 aliphatic rings. The molecule has 0 heterocycles. The van der Waals surface area contributed by atoms with E-state index >= 15 is 0 Å². The molecule has 0 N–H and O–H groups in total. The van der Waals surface area contributed by atoms with Crippen LogP contribution in [0.4, 0.5) is 0 Å². The van der Waals surface area contributed by atoms with Gasteiger partial charge in [0.2, 0.25) is 0 Å². The Kier molecular flexibility index (Phi) is 4.37. The minimum Gasteiger partial charge on any atom is -0.294 e. The summed E-state index contributed by atoms with van der Waals surface area (Å²) in [6, 6.07) is 11.3. The topological polar surface area (TPSA) is 34.1 Å². The Bertz CT molecular complexity index is 671. The highest BCUT2D eigenvalue weighted by Gasteiger charge is 2.17. The van der Waals surface area contributed by atoms with Crippen molar-refractivity contribution >= 4 is 11.6 Å². The maximum absolute atomic E-state index is 12.4. The molecule has 0 saturated heterocycles. The van der Waals surface area contributed by atoms with Crippen molar-refractivity contribution in [2.45, 2.75) is 34.1 Å². The van der Waals surface area contributed by atoms with Crippen LogP contribution >= 0.6 is 0 Å². The third-order valence-electron chi connectivity index (χ3n) is 3.65. The SMILES string of the molecule is Cc1ccc(C(=O)CC(=O)c2c(C)cc(C)cc2C)cc1. The predicted molar refractivity (Wildman–Crippen MR) is 85.1 cm³/mol. The van der Waals surface area contributed by atoms with Gasteiger partial charge in [-0.15, -0.1) is 0 Å². The van der Waals surface area contributed by atoms with Gasteiger partial charge in [0.25, 0.3) is 0 Å². The van der Waals surface area contributed by atoms with Crippen molar-refractivity contribution in [2.24, 2.45) is 0 Å². The maximum Gasteiger partial charge on any atom is 0.171 e. The van der Waals surface area contributed by atoms with Gasteiger partial charge in [0.15, 0.2) is 11.6 Å². The van der Waals surface area contributed by atoms with Gasteiger partial charge in [0.05, 0.1) is 6.42 Å². The number of benzene rings is 2. The minimum atomic E-state index is -0.126. The van der Waals surface area contributed by atoms with Crippen molar-refractivity contribution in [3.8, 4) is 0 Å². The first-order valence-corrected chi connectivity index (χ1v) is 7.09. The molecular weight excluding hydrogens is 260 g/mol. The van der Waals surface area contributed by atoms with Crippen LogP contribution < -0.4 is 0 Å². The Balaban J connectivity index is 2.22. The number of hydrogen-bond donors (Lipinski definition) is 0. The third kappa shape index (κ3) is 3.46. The molecule has 0 radical (unpaired) electrons. The van der Waals surface area contributed by atoms with Gasteiger partial charge in [0.1, 0.15) is 0 Å². The fourth-order valence-corrected chi connectivity index (χ4v) is 2.70. The summed E-state index contributed by atoms with van der Waals surface area (Å²) in [4.78, 5) is 24.6. The average molecular weight is 280 g/mol. The molecule has 0 aliphatic carbocycles. The Labute approximate surface area is 125 Å². The van der Waals surface area contributed by atoms with Crippen LogP contribution in [0.2, 0.25) is 0 Å². The lowest BCUT2D eigenvalue weighted by Crippen LogP contribution is -2.11. The molecule has 0 aliphatic heterocycles. The van der Waals surface area contributed by atoms with Crippen molar-refractivity contribution in [3.05, 3.63) is 69.8 Å². The molecule has 0 saturated carbocycles. The highest BCUT2D eigenvalue weighted by molar-refractivity contribution is 6.14. The fraction of sp³-hybridized carbons (Fsp3) is 0.263. The van der Waals surface area contributed by atoms with Crippen LogP contribution in [0.5, 0.6) is 0 Å². The third-order valence-corrected chi connectivity index (χ3v) is 3.65. The van der Waals surface area contributed by atoms with Crippen molar-refractivity contribution < 1.29 is 9.59 Å². The summed E-state index contributed by atoms with van der Waals surface area (Å²) in [5.41, 5.74) is 5.38. The second-order valence-electron chi connectivity index (χ2n) is 5.66. The van der Waals surface area contributed by atoms with Gasteiger partial charge in [-0.05, 0) is 38.8 Å². The van der Waals surface area contributed by atoms with Crippen LogP contribution in [0.15, 0.2) is 36.4 Å². The summed E-state index contributed by atoms with van der Waals surface area (Å²) >= 11 is 0. The molecule has 0 unspecified atom stereocenters. The molecule has 2 aromatic carbocycles. The number of hydrogen-bond acceptors (Lipinski definition) is 2. The van der Waals surface area contributed by atoms with Gasteiger partial charge in [0, 0.05) is 11.1 Å². The number of Topliss-reactive ketones (excluding diaryl/α,β-unsaturated/α-hetero) is 2. The quantitative estimate of drug-likeness (QED) is 0.615. The molecule has 0 aromatic heterocycles. The molecular formula is C19H20O2. The normalized spacial score (nSPS) is 10.5. The van der Waals surface area contributed by atoms with Crippen LogP contribution in [-0.2, 0) is 0 Å². The highest BCUT2D eigenvalue weighted by atomic mass is 16.1. The number of carbonyl (C=O) groups excluding carboxylic acids is 2. The summed E-state index contributed by atoms with van der Waals surface area (Å²) in [5.74, 6) is -0.227. The monoisotopic (exact) mass is 280 g/mol. The Morgan fingerprint density at radius 1 is 0.762 bits per heavy atom. The minimum absolute atomic E-state index is 0.0756. The van der Waals surface area contributed by atoms with Crippen molar-refractivity contribution in [2.75, 3.05) is 0 Å². The molecule has 0 spiro atoms. The summed E-state index contributed by atoms with van der Waals surface area (Å²) in [6.07, 6.45) is -0.0756. The van der Waals surface area contributed by atoms with E-state index in [1.807, 2.05) is 52.0 Å². The van der Waals surface area contributed by atoms with Crippen molar-refractivity contribution in [1.29, 1.82) is 0 Å². The molecule has 2 heteroatoms. The van der Waals surface area contributed by atoms with Gasteiger partial charge >= 0.3 is 0 Å². The Morgan fingerprint density at radius 3 is 1.81 bits per heavy atom. The number of ketones is 2. The smallest absolute Gasteiger partial charge is 0.171 e. The standard InChI is InChI=1S/C19H20O2/c1-12-5-7-16(8-6-12)17(20)11-18(21)19-14(3)9-13(2)10-15(19)4/h5-10H,11H2,1-4H3. The van der Waals surface area contributed by atoms with Crippen LogP contribution in [-0.4, -0.2) is 11.6 Å². The van der Waals surface area contributed by atoms with Crippen LogP contribution in [0, 0.1) is 27.7 Å². The molecule has 21 heavy (non-hydrogen) atoms. The zero-order chi connectivity index (χ0) is 15.6. The Morgan fingerprint density at radius 2 is 1.29 bits per heavy atom. The molecule has 2 nitrogen and oxygen atoms in total. The van der Waals surface area contributed by atoms with Crippen molar-refractivity contribution in [1.82, 2.24) is 0 Å². The molecule has 0 bridgehead atoms. The lowest BCUT2D eigenvalue weighted by atomic mass is 9.93. The van der Waals surface area contributed by atoms with E-state index < -0.39 is 0 Å². The average Bonchev–Trinajstić information content (AvgIpc) is 2.37. The van der Waals surface area contributed by atoms with Gasteiger partial charge in [-0.2, -0.15) is 0 Å². The second kappa shape index (κ2) is 6.04. The van der Waals surface area contributed by atoms with Gasteiger partial charge in [-0.3, -0.25) is 9.59 Å². The first-order chi connectivity index (χ1) is 9.88. The van der Waals surface area contributed by atoms with Crippen LogP contribution in [0.3, 0.4) is 0 Å². The van der Waals surface area contributed by atoms with E-state index in [1.165, 1.54) is 0 Å². The van der Waals surface area contributed by atoms with E-state index in [9.17, 15) is 9.59 Å². The number of carbonyl (C=O) groups is 2. The van der Waals surface area contributed by atoms with Crippen molar-refractivity contribution in [3.63, 3.8) is 0 Å². The summed E-state index contributed by atoms with van der Waals surface area (Å²) < 4.78 is 0. The second-order valence-corrected chi connectivity index (χ2v) is 5.66. The summed E-state index contributed by atoms with van der Waals surface area (Å²) in [7, 11) is 0. The molecule has 2 aromatic rings. The lowest BCUT2D eigenvalue weighted by Gasteiger charge is -2.10. The predicted octanol–water partition coefficient (Wildman–Crippen LogP) is 4.38. The van der Waals surface area contributed by atoms with Gasteiger partial charge in [-0.25, -0.2) is 0 Å². The van der Waals surface area contributed by atoms with E-state index in [2.05, 4.69) is 0 Å². The van der Waals surface area contributed by atoms with Gasteiger partial charge in [-0.1, -0.05) is 47.5 Å². The molecule has 0 fully saturated rings. The fourth-order valence-electron chi connectivity index (χ4n) is 2.70. The van der Waals surface area contributed by atoms with E-state index in [1.54, 1.807) is 12.1 Å². The Hall–Kier alpha value is -2.22. The van der Waals surface area contributed by atoms with Crippen LogP contribution in [0.25, 0.3) is 0 Å². The molecule has 2 rings (SSSR count). The number of rotatable bonds is 4. The summed E-state index contributed by atoms with van der Waals surface area (Å²) in [5, 5.41) is 0. The lowest BCUT2D eigenvalue weighted by molar-refractivity contribution is 0.0893. The van der Waals surface area contributed by atoms with E-state index in [0.29, 0.717) is 11.1 Å². The highest BCUT2D eigenvalue weighted by Crippen LogP contribution is 2.19. The zero-order valence-corrected chi connectivity index (χ0v) is 13.0. The van der Waals surface area contributed by atoms with Crippen LogP contribution in [0.1, 0.15) is 49.4 Å². The maximum atomic E-state index is 12.4.